The number of hydrogen-bond acceptors (Lipinski definition) is 6. The number of sulfonamides is 1. The highest BCUT2D eigenvalue weighted by Gasteiger charge is 2.24. The lowest BCUT2D eigenvalue weighted by molar-refractivity contribution is -0.127. The summed E-state index contributed by atoms with van der Waals surface area (Å²) in [4.78, 5) is 27.9. The van der Waals surface area contributed by atoms with Crippen molar-refractivity contribution in [3.05, 3.63) is 23.8 Å². The summed E-state index contributed by atoms with van der Waals surface area (Å²) in [5.74, 6) is -0.754. The normalized spacial score (nSPS) is 14.9. The summed E-state index contributed by atoms with van der Waals surface area (Å²) in [7, 11) is 2.36. The van der Waals surface area contributed by atoms with Gasteiger partial charge in [-0.2, -0.15) is 0 Å². The van der Waals surface area contributed by atoms with Crippen LogP contribution in [-0.2, 0) is 19.6 Å². The van der Waals surface area contributed by atoms with E-state index in [0.717, 1.165) is 4.31 Å². The molecule has 1 heterocycles. The number of carbonyl (C=O) groups excluding carboxylic acids is 2. The van der Waals surface area contributed by atoms with Gasteiger partial charge in [0.05, 0.1) is 30.2 Å². The first-order chi connectivity index (χ1) is 12.6. The van der Waals surface area contributed by atoms with E-state index in [0.29, 0.717) is 32.0 Å². The Bertz CT molecular complexity index is 802. The van der Waals surface area contributed by atoms with Gasteiger partial charge in [-0.1, -0.05) is 0 Å². The van der Waals surface area contributed by atoms with Crippen LogP contribution in [0, 0.1) is 0 Å². The molecule has 0 radical (unpaired) electrons. The van der Waals surface area contributed by atoms with Crippen LogP contribution >= 0.6 is 0 Å². The van der Waals surface area contributed by atoms with Crippen molar-refractivity contribution in [3.63, 3.8) is 0 Å². The third kappa shape index (κ3) is 4.96. The first-order valence-electron chi connectivity index (χ1n) is 8.52. The Labute approximate surface area is 159 Å². The Balaban J connectivity index is 2.39. The molecule has 1 aliphatic heterocycles. The van der Waals surface area contributed by atoms with E-state index in [2.05, 4.69) is 5.32 Å². The van der Waals surface area contributed by atoms with Gasteiger partial charge < -0.3 is 19.9 Å². The molecular formula is C17H26N4O5S. The van der Waals surface area contributed by atoms with E-state index in [1.165, 1.54) is 31.1 Å². The summed E-state index contributed by atoms with van der Waals surface area (Å²) in [6, 6.07) is 4.47. The maximum atomic E-state index is 12.7. The number of morpholine rings is 1. The average Bonchev–Trinajstić information content (AvgIpc) is 2.65. The summed E-state index contributed by atoms with van der Waals surface area (Å²) in [5.41, 5.74) is 0.831. The maximum Gasteiger partial charge on any atom is 0.253 e. The monoisotopic (exact) mass is 398 g/mol. The van der Waals surface area contributed by atoms with Gasteiger partial charge in [0.25, 0.3) is 5.91 Å². The van der Waals surface area contributed by atoms with Gasteiger partial charge in [0.15, 0.2) is 0 Å². The van der Waals surface area contributed by atoms with Crippen LogP contribution in [0.15, 0.2) is 23.1 Å². The number of hydrogen-bond donors (Lipinski definition) is 1. The molecule has 2 rings (SSSR count). The van der Waals surface area contributed by atoms with Crippen molar-refractivity contribution in [2.24, 2.45) is 0 Å². The first kappa shape index (κ1) is 21.1. The van der Waals surface area contributed by atoms with Crippen LogP contribution in [0.1, 0.15) is 10.4 Å². The van der Waals surface area contributed by atoms with Crippen molar-refractivity contribution in [2.75, 3.05) is 65.9 Å². The first-order valence-corrected chi connectivity index (χ1v) is 9.96. The van der Waals surface area contributed by atoms with E-state index < -0.39 is 15.9 Å². The number of benzene rings is 1. The number of rotatable bonds is 6. The molecule has 1 fully saturated rings. The van der Waals surface area contributed by atoms with Gasteiger partial charge in [0.1, 0.15) is 0 Å². The second-order valence-corrected chi connectivity index (χ2v) is 8.69. The molecule has 2 amide bonds. The highest BCUT2D eigenvalue weighted by atomic mass is 32.2. The zero-order chi connectivity index (χ0) is 20.2. The molecule has 1 aliphatic rings. The maximum absolute atomic E-state index is 12.7. The van der Waals surface area contributed by atoms with E-state index >= 15 is 0 Å². The van der Waals surface area contributed by atoms with Crippen LogP contribution in [-0.4, -0.2) is 90.5 Å². The highest BCUT2D eigenvalue weighted by molar-refractivity contribution is 7.89. The van der Waals surface area contributed by atoms with Gasteiger partial charge in [0.2, 0.25) is 15.9 Å². The summed E-state index contributed by atoms with van der Waals surface area (Å²) >= 11 is 0. The predicted octanol–water partition coefficient (Wildman–Crippen LogP) is -0.408. The van der Waals surface area contributed by atoms with Crippen molar-refractivity contribution >= 4 is 27.5 Å². The minimum Gasteiger partial charge on any atom is -0.378 e. The lowest BCUT2D eigenvalue weighted by Gasteiger charge is -2.30. The third-order valence-corrected chi connectivity index (χ3v) is 6.05. The number of ether oxygens (including phenoxy) is 1. The number of anilines is 1. The lowest BCUT2D eigenvalue weighted by atomic mass is 10.1. The lowest BCUT2D eigenvalue weighted by Crippen LogP contribution is -2.39. The molecule has 0 aliphatic carbocycles. The Morgan fingerprint density at radius 2 is 1.78 bits per heavy atom. The largest absolute Gasteiger partial charge is 0.378 e. The molecule has 0 aromatic heterocycles. The fourth-order valence-corrected chi connectivity index (χ4v) is 3.49. The van der Waals surface area contributed by atoms with Crippen molar-refractivity contribution in [3.8, 4) is 0 Å². The number of carbonyl (C=O) groups is 2. The molecule has 1 aromatic carbocycles. The molecule has 1 saturated heterocycles. The quantitative estimate of drug-likeness (QED) is 0.700. The van der Waals surface area contributed by atoms with E-state index in [9.17, 15) is 18.0 Å². The number of nitrogens with one attached hydrogen (secondary N) is 1. The van der Waals surface area contributed by atoms with E-state index in [1.54, 1.807) is 20.2 Å². The van der Waals surface area contributed by atoms with Gasteiger partial charge in [-0.25, -0.2) is 12.7 Å². The molecule has 0 saturated carbocycles. The molecule has 0 unspecified atom stereocenters. The van der Waals surface area contributed by atoms with Crippen LogP contribution in [0.5, 0.6) is 0 Å². The zero-order valence-corrected chi connectivity index (χ0v) is 16.9. The zero-order valence-electron chi connectivity index (χ0n) is 16.1. The van der Waals surface area contributed by atoms with Crippen molar-refractivity contribution < 1.29 is 22.7 Å². The fraction of sp³-hybridized carbons (Fsp3) is 0.529. The molecule has 0 bridgehead atoms. The molecule has 9 nitrogen and oxygen atoms in total. The SMILES string of the molecule is CN(C)C(=O)CNC(=O)c1cc(S(=O)(=O)N(C)C)ccc1N1CCOCC1. The molecule has 10 heteroatoms. The Hall–Kier alpha value is -2.17. The molecular weight excluding hydrogens is 372 g/mol. The van der Waals surface area contributed by atoms with Gasteiger partial charge in [-0.15, -0.1) is 0 Å². The van der Waals surface area contributed by atoms with Gasteiger partial charge in [-0.3, -0.25) is 9.59 Å². The number of amides is 2. The molecule has 1 aromatic rings. The Morgan fingerprint density at radius 3 is 2.33 bits per heavy atom. The second-order valence-electron chi connectivity index (χ2n) is 6.54. The molecule has 150 valence electrons. The van der Waals surface area contributed by atoms with Gasteiger partial charge >= 0.3 is 0 Å². The van der Waals surface area contributed by atoms with Crippen LogP contribution in [0.2, 0.25) is 0 Å². The van der Waals surface area contributed by atoms with Crippen molar-refractivity contribution in [2.45, 2.75) is 4.90 Å². The number of nitrogens with zero attached hydrogens (tertiary/aromatic N) is 3. The molecule has 0 spiro atoms. The third-order valence-electron chi connectivity index (χ3n) is 4.24. The standard InChI is InChI=1S/C17H26N4O5S/c1-19(2)16(22)12-18-17(23)14-11-13(27(24,25)20(3)4)5-6-15(14)21-7-9-26-10-8-21/h5-6,11H,7-10,12H2,1-4H3,(H,18,23). The summed E-state index contributed by atoms with van der Waals surface area (Å²) < 4.78 is 31.3. The Kier molecular flexibility index (Phi) is 6.79. The van der Waals surface area contributed by atoms with E-state index in [4.69, 9.17) is 4.74 Å². The second kappa shape index (κ2) is 8.68. The highest BCUT2D eigenvalue weighted by Crippen LogP contribution is 2.26. The van der Waals surface area contributed by atoms with Crippen LogP contribution < -0.4 is 10.2 Å². The summed E-state index contributed by atoms with van der Waals surface area (Å²) in [5, 5.41) is 2.57. The minimum absolute atomic E-state index is 0.0218. The van der Waals surface area contributed by atoms with Crippen LogP contribution in [0.3, 0.4) is 0 Å². The van der Waals surface area contributed by atoms with Gasteiger partial charge in [-0.05, 0) is 18.2 Å². The van der Waals surface area contributed by atoms with Crippen LogP contribution in [0.4, 0.5) is 5.69 Å². The van der Waals surface area contributed by atoms with Crippen molar-refractivity contribution in [1.82, 2.24) is 14.5 Å². The Morgan fingerprint density at radius 1 is 1.15 bits per heavy atom. The molecule has 1 N–H and O–H groups in total. The minimum atomic E-state index is -3.69. The molecule has 27 heavy (non-hydrogen) atoms. The van der Waals surface area contributed by atoms with Crippen molar-refractivity contribution in [1.29, 1.82) is 0 Å². The smallest absolute Gasteiger partial charge is 0.253 e. The topological polar surface area (TPSA) is 99.3 Å². The summed E-state index contributed by atoms with van der Waals surface area (Å²) in [6.07, 6.45) is 0. The van der Waals surface area contributed by atoms with E-state index in [1.807, 2.05) is 4.90 Å². The summed E-state index contributed by atoms with van der Waals surface area (Å²) in [6.45, 7) is 2.07. The average molecular weight is 398 g/mol. The molecule has 0 atom stereocenters. The van der Waals surface area contributed by atoms with Gasteiger partial charge in [0, 0.05) is 47.0 Å². The van der Waals surface area contributed by atoms with E-state index in [-0.39, 0.29) is 22.9 Å². The fourth-order valence-electron chi connectivity index (χ4n) is 2.56. The predicted molar refractivity (Wildman–Crippen MR) is 101 cm³/mol. The van der Waals surface area contributed by atoms with Crippen LogP contribution in [0.25, 0.3) is 0 Å². The number of likely N-dealkylation sites (N-methyl/N-ethyl adjacent to an activating group) is 1.